The van der Waals surface area contributed by atoms with Crippen LogP contribution in [0.25, 0.3) is 0 Å². The van der Waals surface area contributed by atoms with Gasteiger partial charge in [-0.1, -0.05) is 13.0 Å². The van der Waals surface area contributed by atoms with Crippen LogP contribution in [0.1, 0.15) is 31.1 Å². The van der Waals surface area contributed by atoms with Gasteiger partial charge in [0.15, 0.2) is 0 Å². The van der Waals surface area contributed by atoms with Gasteiger partial charge in [-0.2, -0.15) is 0 Å². The fraction of sp³-hybridized carbons (Fsp3) is 0.692. The van der Waals surface area contributed by atoms with Crippen molar-refractivity contribution < 1.29 is 4.74 Å². The van der Waals surface area contributed by atoms with E-state index >= 15 is 0 Å². The van der Waals surface area contributed by atoms with Crippen LogP contribution < -0.4 is 5.32 Å². The fourth-order valence-corrected chi connectivity index (χ4v) is 2.41. The molecule has 3 heteroatoms. The highest BCUT2D eigenvalue weighted by Crippen LogP contribution is 2.12. The smallest absolute Gasteiger partial charge is 0.0619 e. The highest BCUT2D eigenvalue weighted by atomic mass is 32.1. The van der Waals surface area contributed by atoms with Gasteiger partial charge in [-0.15, -0.1) is 11.3 Å². The molecule has 0 aromatic carbocycles. The Morgan fingerprint density at radius 2 is 2.38 bits per heavy atom. The normalized spacial score (nSPS) is 12.9. The third-order valence-corrected chi connectivity index (χ3v) is 3.57. The maximum Gasteiger partial charge on any atom is 0.0619 e. The van der Waals surface area contributed by atoms with Gasteiger partial charge in [0.05, 0.1) is 6.61 Å². The maximum atomic E-state index is 5.56. The van der Waals surface area contributed by atoms with Crippen LogP contribution in [0.3, 0.4) is 0 Å². The molecule has 1 rings (SSSR count). The number of aryl methyl sites for hydroxylation is 1. The van der Waals surface area contributed by atoms with E-state index in [1.807, 2.05) is 18.4 Å². The average molecular weight is 241 g/mol. The number of rotatable bonds is 9. The van der Waals surface area contributed by atoms with Gasteiger partial charge in [-0.05, 0) is 44.2 Å². The zero-order valence-corrected chi connectivity index (χ0v) is 11.2. The number of ether oxygens (including phenoxy) is 1. The Morgan fingerprint density at radius 3 is 3.00 bits per heavy atom. The molecule has 1 heterocycles. The summed E-state index contributed by atoms with van der Waals surface area (Å²) in [4.78, 5) is 1.49. The number of hydrogen-bond acceptors (Lipinski definition) is 3. The van der Waals surface area contributed by atoms with Crippen molar-refractivity contribution >= 4 is 11.3 Å². The molecule has 0 saturated heterocycles. The lowest BCUT2D eigenvalue weighted by Crippen LogP contribution is -2.30. The Balaban J connectivity index is 2.08. The molecule has 0 saturated carbocycles. The third-order valence-electron chi connectivity index (χ3n) is 2.63. The molecule has 1 atom stereocenters. The molecule has 1 aromatic rings. The fourth-order valence-electron chi connectivity index (χ4n) is 1.66. The van der Waals surface area contributed by atoms with E-state index in [2.05, 4.69) is 29.8 Å². The van der Waals surface area contributed by atoms with E-state index in [1.54, 1.807) is 0 Å². The van der Waals surface area contributed by atoms with Crippen molar-refractivity contribution in [2.24, 2.45) is 0 Å². The Morgan fingerprint density at radius 1 is 1.50 bits per heavy atom. The molecule has 92 valence electrons. The molecule has 0 radical (unpaired) electrons. The molecule has 1 unspecified atom stereocenters. The van der Waals surface area contributed by atoms with Gasteiger partial charge in [0.1, 0.15) is 0 Å². The SMILES string of the molecule is CCCOCC(CCCc1cccs1)NC. The zero-order valence-electron chi connectivity index (χ0n) is 10.4. The van der Waals surface area contributed by atoms with Gasteiger partial charge < -0.3 is 10.1 Å². The summed E-state index contributed by atoms with van der Waals surface area (Å²) in [5, 5.41) is 5.47. The Bertz CT molecular complexity index is 248. The number of likely N-dealkylation sites (N-methyl/N-ethyl adjacent to an activating group) is 1. The quantitative estimate of drug-likeness (QED) is 0.671. The molecular formula is C13H23NOS. The van der Waals surface area contributed by atoms with Crippen molar-refractivity contribution in [1.29, 1.82) is 0 Å². The molecule has 2 nitrogen and oxygen atoms in total. The molecule has 1 N–H and O–H groups in total. The van der Waals surface area contributed by atoms with Crippen LogP contribution in [-0.4, -0.2) is 26.3 Å². The monoisotopic (exact) mass is 241 g/mol. The predicted molar refractivity (Wildman–Crippen MR) is 71.2 cm³/mol. The van der Waals surface area contributed by atoms with Crippen molar-refractivity contribution in [3.63, 3.8) is 0 Å². The van der Waals surface area contributed by atoms with Gasteiger partial charge in [-0.25, -0.2) is 0 Å². The van der Waals surface area contributed by atoms with Crippen LogP contribution in [0.15, 0.2) is 17.5 Å². The molecule has 0 aliphatic rings. The van der Waals surface area contributed by atoms with E-state index in [0.717, 1.165) is 19.6 Å². The van der Waals surface area contributed by atoms with E-state index in [0.29, 0.717) is 6.04 Å². The van der Waals surface area contributed by atoms with Crippen molar-refractivity contribution in [3.8, 4) is 0 Å². The summed E-state index contributed by atoms with van der Waals surface area (Å²) >= 11 is 1.85. The van der Waals surface area contributed by atoms with Crippen molar-refractivity contribution in [2.45, 2.75) is 38.6 Å². The Hall–Kier alpha value is -0.380. The van der Waals surface area contributed by atoms with Gasteiger partial charge in [0.25, 0.3) is 0 Å². The first-order valence-electron chi connectivity index (χ1n) is 6.14. The topological polar surface area (TPSA) is 21.3 Å². The summed E-state index contributed by atoms with van der Waals surface area (Å²) in [7, 11) is 2.02. The van der Waals surface area contributed by atoms with E-state index in [1.165, 1.54) is 24.1 Å². The highest BCUT2D eigenvalue weighted by molar-refractivity contribution is 7.09. The summed E-state index contributed by atoms with van der Waals surface area (Å²) in [6.07, 6.45) is 4.73. The van der Waals surface area contributed by atoms with E-state index in [-0.39, 0.29) is 0 Å². The standard InChI is InChI=1S/C13H23NOS/c1-3-9-15-11-12(14-2)6-4-7-13-8-5-10-16-13/h5,8,10,12,14H,3-4,6-7,9,11H2,1-2H3. The van der Waals surface area contributed by atoms with E-state index in [4.69, 9.17) is 4.74 Å². The van der Waals surface area contributed by atoms with Crippen LogP contribution >= 0.6 is 11.3 Å². The summed E-state index contributed by atoms with van der Waals surface area (Å²) in [6.45, 7) is 3.86. The molecular weight excluding hydrogens is 218 g/mol. The van der Waals surface area contributed by atoms with Crippen molar-refractivity contribution in [2.75, 3.05) is 20.3 Å². The van der Waals surface area contributed by atoms with Crippen molar-refractivity contribution in [3.05, 3.63) is 22.4 Å². The number of hydrogen-bond donors (Lipinski definition) is 1. The van der Waals surface area contributed by atoms with Gasteiger partial charge in [0, 0.05) is 17.5 Å². The first kappa shape index (κ1) is 13.7. The Labute approximate surface area is 103 Å². The van der Waals surface area contributed by atoms with Crippen LogP contribution in [0, 0.1) is 0 Å². The Kier molecular flexibility index (Phi) is 7.47. The summed E-state index contributed by atoms with van der Waals surface area (Å²) in [5.41, 5.74) is 0. The number of nitrogens with one attached hydrogen (secondary N) is 1. The minimum atomic E-state index is 0.506. The second-order valence-corrected chi connectivity index (χ2v) is 5.06. The lowest BCUT2D eigenvalue weighted by Gasteiger charge is -2.15. The van der Waals surface area contributed by atoms with Crippen molar-refractivity contribution in [1.82, 2.24) is 5.32 Å². The molecule has 1 aromatic heterocycles. The van der Waals surface area contributed by atoms with E-state index in [9.17, 15) is 0 Å². The molecule has 0 aliphatic heterocycles. The van der Waals surface area contributed by atoms with Crippen LogP contribution in [0.4, 0.5) is 0 Å². The maximum absolute atomic E-state index is 5.56. The molecule has 0 aliphatic carbocycles. The van der Waals surface area contributed by atoms with E-state index < -0.39 is 0 Å². The number of thiophene rings is 1. The molecule has 0 amide bonds. The zero-order chi connectivity index (χ0) is 11.6. The second kappa shape index (κ2) is 8.74. The minimum absolute atomic E-state index is 0.506. The first-order chi connectivity index (χ1) is 7.86. The van der Waals surface area contributed by atoms with Crippen LogP contribution in [0.2, 0.25) is 0 Å². The minimum Gasteiger partial charge on any atom is -0.380 e. The first-order valence-corrected chi connectivity index (χ1v) is 7.02. The van der Waals surface area contributed by atoms with Gasteiger partial charge >= 0.3 is 0 Å². The average Bonchev–Trinajstić information content (AvgIpc) is 2.80. The predicted octanol–water partition coefficient (Wildman–Crippen LogP) is 3.09. The molecule has 0 fully saturated rings. The molecule has 0 spiro atoms. The molecule has 0 bridgehead atoms. The lowest BCUT2D eigenvalue weighted by molar-refractivity contribution is 0.111. The largest absolute Gasteiger partial charge is 0.380 e. The second-order valence-electron chi connectivity index (χ2n) is 4.03. The van der Waals surface area contributed by atoms with Gasteiger partial charge in [-0.3, -0.25) is 0 Å². The summed E-state index contributed by atoms with van der Waals surface area (Å²) < 4.78 is 5.56. The van der Waals surface area contributed by atoms with Gasteiger partial charge in [0.2, 0.25) is 0 Å². The third kappa shape index (κ3) is 5.64. The highest BCUT2D eigenvalue weighted by Gasteiger charge is 2.05. The van der Waals surface area contributed by atoms with Crippen LogP contribution in [0.5, 0.6) is 0 Å². The summed E-state index contributed by atoms with van der Waals surface area (Å²) in [5.74, 6) is 0. The lowest BCUT2D eigenvalue weighted by atomic mass is 10.1. The summed E-state index contributed by atoms with van der Waals surface area (Å²) in [6, 6.07) is 4.85. The van der Waals surface area contributed by atoms with Crippen LogP contribution in [-0.2, 0) is 11.2 Å². The molecule has 16 heavy (non-hydrogen) atoms.